The number of amides is 1. The summed E-state index contributed by atoms with van der Waals surface area (Å²) in [5, 5.41) is 0.772. The largest absolute Gasteiger partial charge is 0.466 e. The maximum absolute atomic E-state index is 13.6. The van der Waals surface area contributed by atoms with Gasteiger partial charge in [0, 0.05) is 24.0 Å². The van der Waals surface area contributed by atoms with Gasteiger partial charge >= 0.3 is 5.97 Å². The fraction of sp³-hybridized carbons (Fsp3) is 0.320. The number of esters is 1. The molecule has 0 aliphatic carbocycles. The molecule has 3 aromatic rings. The monoisotopic (exact) mass is 420 g/mol. The minimum atomic E-state index is -0.324. The maximum Gasteiger partial charge on any atom is 0.310 e. The van der Waals surface area contributed by atoms with E-state index in [1.807, 2.05) is 25.1 Å². The molecule has 5 nitrogen and oxygen atoms in total. The predicted octanol–water partition coefficient (Wildman–Crippen LogP) is 4.76. The number of ether oxygens (including phenoxy) is 1. The maximum atomic E-state index is 13.6. The van der Waals surface area contributed by atoms with Crippen molar-refractivity contribution in [3.63, 3.8) is 0 Å². The first-order valence-corrected chi connectivity index (χ1v) is 10.6. The molecule has 4 rings (SSSR count). The number of halogens is 1. The van der Waals surface area contributed by atoms with Crippen LogP contribution in [0.25, 0.3) is 22.2 Å². The normalized spacial score (nSPS) is 16.4. The van der Waals surface area contributed by atoms with Crippen LogP contribution in [0.3, 0.4) is 0 Å². The van der Waals surface area contributed by atoms with Gasteiger partial charge in [0.1, 0.15) is 5.82 Å². The molecule has 2 aromatic carbocycles. The average Bonchev–Trinajstić information content (AvgIpc) is 2.78. The number of nitrogens with zero attached hydrogens (tertiary/aromatic N) is 2. The summed E-state index contributed by atoms with van der Waals surface area (Å²) in [5.41, 5.74) is 3.62. The zero-order chi connectivity index (χ0) is 22.0. The third-order valence-electron chi connectivity index (χ3n) is 5.66. The van der Waals surface area contributed by atoms with Gasteiger partial charge in [0.2, 0.25) is 0 Å². The van der Waals surface area contributed by atoms with Crippen LogP contribution in [-0.4, -0.2) is 41.5 Å². The minimum Gasteiger partial charge on any atom is -0.466 e. The lowest BCUT2D eigenvalue weighted by Gasteiger charge is -2.32. The topological polar surface area (TPSA) is 59.5 Å². The van der Waals surface area contributed by atoms with Crippen molar-refractivity contribution in [1.29, 1.82) is 0 Å². The molecule has 1 aliphatic heterocycles. The van der Waals surface area contributed by atoms with E-state index >= 15 is 0 Å². The molecule has 6 heteroatoms. The molecule has 0 N–H and O–H groups in total. The Morgan fingerprint density at radius 3 is 2.68 bits per heavy atom. The van der Waals surface area contributed by atoms with Gasteiger partial charge in [-0.05, 0) is 69.2 Å². The Hall–Kier alpha value is -3.28. The smallest absolute Gasteiger partial charge is 0.310 e. The van der Waals surface area contributed by atoms with Gasteiger partial charge in [-0.3, -0.25) is 9.59 Å². The first-order valence-electron chi connectivity index (χ1n) is 10.6. The Bertz CT molecular complexity index is 1130. The quantitative estimate of drug-likeness (QED) is 0.571. The summed E-state index contributed by atoms with van der Waals surface area (Å²) < 4.78 is 18.6. The molecule has 0 spiro atoms. The van der Waals surface area contributed by atoms with Gasteiger partial charge < -0.3 is 9.64 Å². The number of carbonyl (C=O) groups excluding carboxylic acids is 2. The number of pyridine rings is 1. The standard InChI is InChI=1S/C25H25FN2O3/c1-3-31-25(30)18-5-4-12-28(15-18)24(29)21-14-23(17-7-9-19(26)10-8-17)27-22-11-6-16(2)13-20(21)22/h6-11,13-14,18H,3-5,12,15H2,1-2H3. The number of carbonyl (C=O) groups is 2. The van der Waals surface area contributed by atoms with Gasteiger partial charge in [-0.15, -0.1) is 0 Å². The Morgan fingerprint density at radius 2 is 1.94 bits per heavy atom. The number of aromatic nitrogens is 1. The molecule has 2 heterocycles. The van der Waals surface area contributed by atoms with Crippen molar-refractivity contribution < 1.29 is 18.7 Å². The van der Waals surface area contributed by atoms with E-state index in [1.165, 1.54) is 12.1 Å². The summed E-state index contributed by atoms with van der Waals surface area (Å²) in [6, 6.07) is 13.6. The summed E-state index contributed by atoms with van der Waals surface area (Å²) >= 11 is 0. The Morgan fingerprint density at radius 1 is 1.16 bits per heavy atom. The number of fused-ring (bicyclic) bond motifs is 1. The van der Waals surface area contributed by atoms with E-state index in [0.29, 0.717) is 36.5 Å². The predicted molar refractivity (Wildman–Crippen MR) is 117 cm³/mol. The number of hydrogen-bond acceptors (Lipinski definition) is 4. The number of piperidine rings is 1. The fourth-order valence-corrected chi connectivity index (χ4v) is 4.07. The van der Waals surface area contributed by atoms with Crippen LogP contribution in [0.4, 0.5) is 4.39 Å². The van der Waals surface area contributed by atoms with Gasteiger partial charge in [-0.2, -0.15) is 0 Å². The Labute approximate surface area is 180 Å². The lowest BCUT2D eigenvalue weighted by molar-refractivity contribution is -0.149. The molecule has 1 atom stereocenters. The van der Waals surface area contributed by atoms with Crippen LogP contribution in [0, 0.1) is 18.7 Å². The molecule has 1 aromatic heterocycles. The number of aryl methyl sites for hydroxylation is 1. The SMILES string of the molecule is CCOC(=O)C1CCCN(C(=O)c2cc(-c3ccc(F)cc3)nc3ccc(C)cc23)C1. The van der Waals surface area contributed by atoms with E-state index in [4.69, 9.17) is 9.72 Å². The second-order valence-electron chi connectivity index (χ2n) is 7.92. The van der Waals surface area contributed by atoms with Gasteiger partial charge in [0.25, 0.3) is 5.91 Å². The lowest BCUT2D eigenvalue weighted by Crippen LogP contribution is -2.42. The van der Waals surface area contributed by atoms with Gasteiger partial charge in [-0.1, -0.05) is 11.6 Å². The molecule has 1 saturated heterocycles. The number of hydrogen-bond donors (Lipinski definition) is 0. The van der Waals surface area contributed by atoms with Crippen molar-refractivity contribution in [3.8, 4) is 11.3 Å². The summed E-state index contributed by atoms with van der Waals surface area (Å²) in [6.45, 7) is 5.03. The first-order chi connectivity index (χ1) is 15.0. The van der Waals surface area contributed by atoms with Crippen molar-refractivity contribution in [2.45, 2.75) is 26.7 Å². The van der Waals surface area contributed by atoms with Gasteiger partial charge in [-0.25, -0.2) is 9.37 Å². The molecular weight excluding hydrogens is 395 g/mol. The Balaban J connectivity index is 1.74. The molecular formula is C25H25FN2O3. The van der Waals surface area contributed by atoms with Crippen LogP contribution in [0.1, 0.15) is 35.7 Å². The van der Waals surface area contributed by atoms with Crippen LogP contribution in [0.5, 0.6) is 0 Å². The summed E-state index contributed by atoms with van der Waals surface area (Å²) in [7, 11) is 0. The van der Waals surface area contributed by atoms with Crippen molar-refractivity contribution in [1.82, 2.24) is 9.88 Å². The molecule has 160 valence electrons. The Kier molecular flexibility index (Phi) is 5.98. The molecule has 0 radical (unpaired) electrons. The van der Waals surface area contributed by atoms with Gasteiger partial charge in [0.15, 0.2) is 0 Å². The third-order valence-corrected chi connectivity index (χ3v) is 5.66. The van der Waals surface area contributed by atoms with Crippen LogP contribution >= 0.6 is 0 Å². The van der Waals surface area contributed by atoms with Crippen LogP contribution < -0.4 is 0 Å². The first kappa shape index (κ1) is 21.0. The van der Waals surface area contributed by atoms with Crippen LogP contribution in [0.15, 0.2) is 48.5 Å². The van der Waals surface area contributed by atoms with E-state index in [2.05, 4.69) is 0 Å². The van der Waals surface area contributed by atoms with E-state index < -0.39 is 0 Å². The van der Waals surface area contributed by atoms with Crippen LogP contribution in [-0.2, 0) is 9.53 Å². The second kappa shape index (κ2) is 8.84. The zero-order valence-corrected chi connectivity index (χ0v) is 17.7. The molecule has 0 bridgehead atoms. The molecule has 1 unspecified atom stereocenters. The fourth-order valence-electron chi connectivity index (χ4n) is 4.07. The highest BCUT2D eigenvalue weighted by molar-refractivity contribution is 6.07. The molecule has 0 saturated carbocycles. The van der Waals surface area contributed by atoms with E-state index in [9.17, 15) is 14.0 Å². The summed E-state index contributed by atoms with van der Waals surface area (Å²) in [6.07, 6.45) is 1.47. The lowest BCUT2D eigenvalue weighted by atomic mass is 9.96. The molecule has 31 heavy (non-hydrogen) atoms. The number of rotatable bonds is 4. The van der Waals surface area contributed by atoms with E-state index in [-0.39, 0.29) is 23.6 Å². The highest BCUT2D eigenvalue weighted by atomic mass is 19.1. The minimum absolute atomic E-state index is 0.129. The molecule has 1 amide bonds. The average molecular weight is 420 g/mol. The van der Waals surface area contributed by atoms with Crippen LogP contribution in [0.2, 0.25) is 0 Å². The molecule has 1 aliphatic rings. The number of benzene rings is 2. The summed E-state index contributed by atoms with van der Waals surface area (Å²) in [5.74, 6) is -1.00. The zero-order valence-electron chi connectivity index (χ0n) is 17.7. The second-order valence-corrected chi connectivity index (χ2v) is 7.92. The number of likely N-dealkylation sites (tertiary alicyclic amines) is 1. The van der Waals surface area contributed by atoms with E-state index in [0.717, 1.165) is 29.4 Å². The summed E-state index contributed by atoms with van der Waals surface area (Å²) in [4.78, 5) is 32.2. The van der Waals surface area contributed by atoms with Crippen molar-refractivity contribution in [2.75, 3.05) is 19.7 Å². The highest BCUT2D eigenvalue weighted by Crippen LogP contribution is 2.28. The van der Waals surface area contributed by atoms with Crippen molar-refractivity contribution in [3.05, 3.63) is 65.5 Å². The third kappa shape index (κ3) is 4.43. The highest BCUT2D eigenvalue weighted by Gasteiger charge is 2.30. The van der Waals surface area contributed by atoms with Crippen molar-refractivity contribution >= 4 is 22.8 Å². The van der Waals surface area contributed by atoms with Crippen molar-refractivity contribution in [2.24, 2.45) is 5.92 Å². The van der Waals surface area contributed by atoms with E-state index in [1.54, 1.807) is 30.0 Å². The van der Waals surface area contributed by atoms with Gasteiger partial charge in [0.05, 0.1) is 29.3 Å². The molecule has 1 fully saturated rings.